The Bertz CT molecular complexity index is 730. The van der Waals surface area contributed by atoms with Crippen molar-refractivity contribution in [2.75, 3.05) is 31.1 Å². The van der Waals surface area contributed by atoms with Gasteiger partial charge in [0.25, 0.3) is 0 Å². The van der Waals surface area contributed by atoms with E-state index in [1.54, 1.807) is 5.56 Å². The summed E-state index contributed by atoms with van der Waals surface area (Å²) in [5, 5.41) is 4.48. The van der Waals surface area contributed by atoms with E-state index in [0.29, 0.717) is 5.41 Å². The molecule has 4 rings (SSSR count). The van der Waals surface area contributed by atoms with E-state index < -0.39 is 0 Å². The van der Waals surface area contributed by atoms with Crippen molar-refractivity contribution in [2.24, 2.45) is 11.3 Å². The molecule has 1 aliphatic heterocycles. The topological polar surface area (TPSA) is 6.48 Å². The summed E-state index contributed by atoms with van der Waals surface area (Å²) in [6.07, 6.45) is 5.49. The standard InChI is InChI=1S/C25H36N2S/c1-25(2,3)22-10-8-21(9-11-22)23-6-4-5-7-24(23)27-15-13-26(14-16-27)18-20-12-17-28-19-20/h4-7,12,17,19,21-22H,8-11,13-16,18H2,1-3H3. The largest absolute Gasteiger partial charge is 0.369 e. The van der Waals surface area contributed by atoms with Gasteiger partial charge >= 0.3 is 0 Å². The number of anilines is 1. The van der Waals surface area contributed by atoms with Gasteiger partial charge in [0.05, 0.1) is 0 Å². The lowest BCUT2D eigenvalue weighted by molar-refractivity contribution is 0.169. The molecule has 0 N–H and O–H groups in total. The van der Waals surface area contributed by atoms with Gasteiger partial charge in [-0.1, -0.05) is 39.0 Å². The summed E-state index contributed by atoms with van der Waals surface area (Å²) >= 11 is 1.81. The molecule has 1 saturated heterocycles. The Morgan fingerprint density at radius 2 is 1.64 bits per heavy atom. The molecule has 2 aromatic rings. The van der Waals surface area contributed by atoms with Crippen LogP contribution in [0.15, 0.2) is 41.1 Å². The highest BCUT2D eigenvalue weighted by Crippen LogP contribution is 2.45. The van der Waals surface area contributed by atoms with E-state index in [1.165, 1.54) is 50.0 Å². The molecule has 152 valence electrons. The maximum Gasteiger partial charge on any atom is 0.0402 e. The molecule has 28 heavy (non-hydrogen) atoms. The molecule has 1 aromatic carbocycles. The van der Waals surface area contributed by atoms with Crippen molar-refractivity contribution < 1.29 is 0 Å². The maximum atomic E-state index is 2.65. The molecule has 1 aromatic heterocycles. The van der Waals surface area contributed by atoms with Gasteiger partial charge in [0, 0.05) is 38.4 Å². The van der Waals surface area contributed by atoms with Gasteiger partial charge in [-0.15, -0.1) is 0 Å². The molecule has 0 unspecified atom stereocenters. The summed E-state index contributed by atoms with van der Waals surface area (Å²) < 4.78 is 0. The minimum atomic E-state index is 0.462. The number of nitrogens with zero attached hydrogens (tertiary/aromatic N) is 2. The first kappa shape index (κ1) is 20.0. The highest BCUT2D eigenvalue weighted by molar-refractivity contribution is 7.07. The lowest BCUT2D eigenvalue weighted by atomic mass is 9.68. The van der Waals surface area contributed by atoms with Crippen LogP contribution >= 0.6 is 11.3 Å². The Morgan fingerprint density at radius 1 is 0.929 bits per heavy atom. The summed E-state index contributed by atoms with van der Waals surface area (Å²) in [7, 11) is 0. The van der Waals surface area contributed by atoms with E-state index in [1.807, 2.05) is 11.3 Å². The second-order valence-electron chi connectivity index (χ2n) is 9.87. The summed E-state index contributed by atoms with van der Waals surface area (Å²) in [6, 6.07) is 11.5. The molecule has 1 saturated carbocycles. The number of hydrogen-bond donors (Lipinski definition) is 0. The first-order valence-electron chi connectivity index (χ1n) is 11.1. The van der Waals surface area contributed by atoms with Crippen LogP contribution in [0.5, 0.6) is 0 Å². The van der Waals surface area contributed by atoms with Crippen LogP contribution in [0.25, 0.3) is 0 Å². The van der Waals surface area contributed by atoms with Crippen LogP contribution in [-0.2, 0) is 6.54 Å². The molecule has 2 aliphatic rings. The normalized spacial score (nSPS) is 24.5. The molecule has 2 nitrogen and oxygen atoms in total. The van der Waals surface area contributed by atoms with E-state index in [9.17, 15) is 0 Å². The van der Waals surface area contributed by atoms with Gasteiger partial charge in [-0.3, -0.25) is 4.90 Å². The van der Waals surface area contributed by atoms with Gasteiger partial charge in [-0.2, -0.15) is 11.3 Å². The van der Waals surface area contributed by atoms with Crippen molar-refractivity contribution in [3.8, 4) is 0 Å². The van der Waals surface area contributed by atoms with Crippen molar-refractivity contribution in [2.45, 2.75) is 58.9 Å². The second kappa shape index (κ2) is 8.59. The van der Waals surface area contributed by atoms with E-state index in [0.717, 1.165) is 31.5 Å². The Kier molecular flexibility index (Phi) is 6.13. The van der Waals surface area contributed by atoms with Gasteiger partial charge < -0.3 is 4.90 Å². The zero-order chi connectivity index (χ0) is 19.6. The number of hydrogen-bond acceptors (Lipinski definition) is 3. The van der Waals surface area contributed by atoms with Gasteiger partial charge in [-0.25, -0.2) is 0 Å². The monoisotopic (exact) mass is 396 g/mol. The van der Waals surface area contributed by atoms with E-state index in [2.05, 4.69) is 71.7 Å². The fraction of sp³-hybridized carbons (Fsp3) is 0.600. The molecular weight excluding hydrogens is 360 g/mol. The van der Waals surface area contributed by atoms with Crippen LogP contribution in [0.2, 0.25) is 0 Å². The van der Waals surface area contributed by atoms with Crippen LogP contribution in [0.4, 0.5) is 5.69 Å². The first-order valence-corrected chi connectivity index (χ1v) is 12.0. The van der Waals surface area contributed by atoms with Crippen LogP contribution in [0.1, 0.15) is 63.5 Å². The van der Waals surface area contributed by atoms with E-state index in [-0.39, 0.29) is 0 Å². The highest BCUT2D eigenvalue weighted by Gasteiger charge is 2.31. The molecule has 0 bridgehead atoms. The number of piperazine rings is 1. The smallest absolute Gasteiger partial charge is 0.0402 e. The van der Waals surface area contributed by atoms with Crippen molar-refractivity contribution in [1.29, 1.82) is 0 Å². The third kappa shape index (κ3) is 4.63. The van der Waals surface area contributed by atoms with Crippen molar-refractivity contribution in [1.82, 2.24) is 4.90 Å². The highest BCUT2D eigenvalue weighted by atomic mass is 32.1. The minimum absolute atomic E-state index is 0.462. The van der Waals surface area contributed by atoms with Crippen molar-refractivity contribution in [3.05, 3.63) is 52.2 Å². The summed E-state index contributed by atoms with van der Waals surface area (Å²) in [6.45, 7) is 13.0. The molecule has 0 amide bonds. The average Bonchev–Trinajstić information content (AvgIpc) is 3.21. The lowest BCUT2D eigenvalue weighted by Crippen LogP contribution is -2.46. The number of rotatable bonds is 4. The average molecular weight is 397 g/mol. The molecular formula is C25H36N2S. The van der Waals surface area contributed by atoms with E-state index >= 15 is 0 Å². The SMILES string of the molecule is CC(C)(C)C1CCC(c2ccccc2N2CCN(Cc3ccsc3)CC2)CC1. The number of para-hydroxylation sites is 1. The van der Waals surface area contributed by atoms with E-state index in [4.69, 9.17) is 0 Å². The Hall–Kier alpha value is -1.32. The van der Waals surface area contributed by atoms with Crippen LogP contribution in [0, 0.1) is 11.3 Å². The molecule has 0 atom stereocenters. The fourth-order valence-electron chi connectivity index (χ4n) is 5.18. The molecule has 0 radical (unpaired) electrons. The zero-order valence-corrected chi connectivity index (χ0v) is 18.7. The van der Waals surface area contributed by atoms with Crippen molar-refractivity contribution >= 4 is 17.0 Å². The number of thiophene rings is 1. The Labute approximate surface area is 175 Å². The van der Waals surface area contributed by atoms with Gasteiger partial charge in [0.2, 0.25) is 0 Å². The number of benzene rings is 1. The van der Waals surface area contributed by atoms with Gasteiger partial charge in [-0.05, 0) is 77.0 Å². The Morgan fingerprint density at radius 3 is 2.29 bits per heavy atom. The third-order valence-electron chi connectivity index (χ3n) is 7.03. The van der Waals surface area contributed by atoms with Gasteiger partial charge in [0.1, 0.15) is 0 Å². The first-order chi connectivity index (χ1) is 13.5. The van der Waals surface area contributed by atoms with Crippen LogP contribution in [-0.4, -0.2) is 31.1 Å². The maximum absolute atomic E-state index is 2.65. The van der Waals surface area contributed by atoms with Crippen LogP contribution < -0.4 is 4.90 Å². The summed E-state index contributed by atoms with van der Waals surface area (Å²) in [4.78, 5) is 5.25. The predicted octanol–water partition coefficient (Wildman–Crippen LogP) is 6.39. The quantitative estimate of drug-likeness (QED) is 0.591. The molecule has 2 heterocycles. The van der Waals surface area contributed by atoms with Gasteiger partial charge in [0.15, 0.2) is 0 Å². The molecule has 1 aliphatic carbocycles. The van der Waals surface area contributed by atoms with Crippen molar-refractivity contribution in [3.63, 3.8) is 0 Å². The summed E-state index contributed by atoms with van der Waals surface area (Å²) in [5.74, 6) is 1.63. The minimum Gasteiger partial charge on any atom is -0.369 e. The Balaban J connectivity index is 1.39. The lowest BCUT2D eigenvalue weighted by Gasteiger charge is -2.40. The molecule has 3 heteroatoms. The zero-order valence-electron chi connectivity index (χ0n) is 17.9. The molecule has 0 spiro atoms. The summed E-state index contributed by atoms with van der Waals surface area (Å²) in [5.41, 5.74) is 5.05. The van der Waals surface area contributed by atoms with Crippen LogP contribution in [0.3, 0.4) is 0 Å². The molecule has 2 fully saturated rings. The third-order valence-corrected chi connectivity index (χ3v) is 7.76. The fourth-order valence-corrected chi connectivity index (χ4v) is 5.84. The second-order valence-corrected chi connectivity index (χ2v) is 10.6. The predicted molar refractivity (Wildman–Crippen MR) is 122 cm³/mol.